The molecule has 0 radical (unpaired) electrons. The number of aromatic nitrogens is 4. The van der Waals surface area contributed by atoms with Gasteiger partial charge in [0.2, 0.25) is 0 Å². The highest BCUT2D eigenvalue weighted by molar-refractivity contribution is 6.08. The molecular formula is C29H31N5O2. The summed E-state index contributed by atoms with van der Waals surface area (Å²) < 4.78 is 3.76. The molecule has 0 aliphatic heterocycles. The number of amides is 1. The van der Waals surface area contributed by atoms with E-state index in [1.165, 1.54) is 16.7 Å². The van der Waals surface area contributed by atoms with E-state index in [2.05, 4.69) is 42.4 Å². The van der Waals surface area contributed by atoms with Crippen molar-refractivity contribution in [3.8, 4) is 0 Å². The second kappa shape index (κ2) is 9.59. The fourth-order valence-corrected chi connectivity index (χ4v) is 4.89. The monoisotopic (exact) mass is 481 g/mol. The Kier molecular flexibility index (Phi) is 6.33. The minimum atomic E-state index is -0.598. The maximum atomic E-state index is 13.3. The maximum absolute atomic E-state index is 13.3. The van der Waals surface area contributed by atoms with Crippen LogP contribution in [0.2, 0.25) is 0 Å². The first-order valence-corrected chi connectivity index (χ1v) is 12.3. The van der Waals surface area contributed by atoms with Crippen molar-refractivity contribution in [1.82, 2.24) is 19.2 Å². The lowest BCUT2D eigenvalue weighted by atomic mass is 10.00. The van der Waals surface area contributed by atoms with Crippen LogP contribution in [0.5, 0.6) is 0 Å². The molecular weight excluding hydrogens is 450 g/mol. The van der Waals surface area contributed by atoms with Crippen LogP contribution in [0.3, 0.4) is 0 Å². The van der Waals surface area contributed by atoms with E-state index in [-0.39, 0.29) is 5.91 Å². The average molecular weight is 482 g/mol. The number of imidazole rings is 1. The van der Waals surface area contributed by atoms with E-state index in [4.69, 9.17) is 5.10 Å². The summed E-state index contributed by atoms with van der Waals surface area (Å²) >= 11 is 0. The van der Waals surface area contributed by atoms with Crippen molar-refractivity contribution < 1.29 is 9.90 Å². The molecule has 184 valence electrons. The molecule has 36 heavy (non-hydrogen) atoms. The van der Waals surface area contributed by atoms with Gasteiger partial charge in [-0.2, -0.15) is 5.10 Å². The molecule has 7 nitrogen and oxygen atoms in total. The Bertz CT molecular complexity index is 1570. The Morgan fingerprint density at radius 1 is 1.25 bits per heavy atom. The molecule has 1 amide bonds. The van der Waals surface area contributed by atoms with Gasteiger partial charge in [0.1, 0.15) is 11.3 Å². The van der Waals surface area contributed by atoms with Crippen LogP contribution in [-0.2, 0) is 6.54 Å². The third kappa shape index (κ3) is 4.38. The van der Waals surface area contributed by atoms with Crippen LogP contribution in [0.1, 0.15) is 61.5 Å². The zero-order valence-electron chi connectivity index (χ0n) is 21.1. The zero-order chi connectivity index (χ0) is 25.4. The standard InChI is InChI=1S/C29H31N5O2/c1-5-21-14-18(2)8-6-9-23(21)17-34-25-11-7-10-24(28(25)19(3)32-34)31-29(36)26-16-30-27-15-22(20(4)35)12-13-33(26)27/h6-13,15-16,20,35H,5,14,17H2,1-4H3,(H,31,36). The largest absolute Gasteiger partial charge is 0.389 e. The average Bonchev–Trinajstić information content (AvgIpc) is 3.37. The SMILES string of the molecule is CCC1=C(Cn2nc(C)c3c(NC(=O)c4cnc5cc(C(C)O)ccn45)cccc32)C=CC=C(C)C1. The van der Waals surface area contributed by atoms with Crippen LogP contribution < -0.4 is 5.32 Å². The minimum absolute atomic E-state index is 0.254. The molecule has 1 atom stereocenters. The van der Waals surface area contributed by atoms with Crippen molar-refractivity contribution in [1.29, 1.82) is 0 Å². The van der Waals surface area contributed by atoms with Gasteiger partial charge in [-0.15, -0.1) is 0 Å². The van der Waals surface area contributed by atoms with Crippen LogP contribution in [0.15, 0.2) is 77.7 Å². The maximum Gasteiger partial charge on any atom is 0.274 e. The molecule has 3 heterocycles. The van der Waals surface area contributed by atoms with Crippen LogP contribution in [0.4, 0.5) is 5.69 Å². The van der Waals surface area contributed by atoms with Gasteiger partial charge < -0.3 is 10.4 Å². The predicted molar refractivity (Wildman–Crippen MR) is 143 cm³/mol. The van der Waals surface area contributed by atoms with Crippen molar-refractivity contribution in [3.63, 3.8) is 0 Å². The summed E-state index contributed by atoms with van der Waals surface area (Å²) in [5.41, 5.74) is 8.43. The second-order valence-corrected chi connectivity index (χ2v) is 9.44. The Balaban J connectivity index is 1.47. The molecule has 5 rings (SSSR count). The molecule has 0 fully saturated rings. The van der Waals surface area contributed by atoms with Gasteiger partial charge in [-0.05, 0) is 69.0 Å². The Morgan fingerprint density at radius 3 is 2.86 bits per heavy atom. The smallest absolute Gasteiger partial charge is 0.274 e. The fourth-order valence-electron chi connectivity index (χ4n) is 4.89. The van der Waals surface area contributed by atoms with Gasteiger partial charge in [0.15, 0.2) is 0 Å². The van der Waals surface area contributed by atoms with Gasteiger partial charge in [-0.25, -0.2) is 4.98 Å². The first kappa shape index (κ1) is 23.8. The van der Waals surface area contributed by atoms with Crippen molar-refractivity contribution in [2.45, 2.75) is 53.2 Å². The molecule has 2 N–H and O–H groups in total. The number of rotatable bonds is 6. The van der Waals surface area contributed by atoms with E-state index in [0.29, 0.717) is 17.9 Å². The number of anilines is 1. The molecule has 1 unspecified atom stereocenters. The first-order chi connectivity index (χ1) is 17.4. The number of fused-ring (bicyclic) bond motifs is 2. The number of hydrogen-bond acceptors (Lipinski definition) is 4. The van der Waals surface area contributed by atoms with Gasteiger partial charge >= 0.3 is 0 Å². The van der Waals surface area contributed by atoms with E-state index >= 15 is 0 Å². The van der Waals surface area contributed by atoms with Crippen molar-refractivity contribution in [2.75, 3.05) is 5.32 Å². The number of nitrogens with one attached hydrogen (secondary N) is 1. The lowest BCUT2D eigenvalue weighted by Gasteiger charge is -2.12. The summed E-state index contributed by atoms with van der Waals surface area (Å²) in [4.78, 5) is 17.6. The number of hydrogen-bond donors (Lipinski definition) is 2. The highest BCUT2D eigenvalue weighted by Gasteiger charge is 2.18. The number of aliphatic hydroxyl groups is 1. The quantitative estimate of drug-likeness (QED) is 0.359. The normalized spacial score (nSPS) is 14.9. The van der Waals surface area contributed by atoms with Gasteiger partial charge in [0.05, 0.1) is 35.7 Å². The van der Waals surface area contributed by atoms with Crippen LogP contribution in [0, 0.1) is 6.92 Å². The van der Waals surface area contributed by atoms with Crippen molar-refractivity contribution in [2.24, 2.45) is 0 Å². The zero-order valence-corrected chi connectivity index (χ0v) is 21.1. The summed E-state index contributed by atoms with van der Waals surface area (Å²) in [6, 6.07) is 9.48. The summed E-state index contributed by atoms with van der Waals surface area (Å²) in [7, 11) is 0. The summed E-state index contributed by atoms with van der Waals surface area (Å²) in [6.45, 7) is 8.73. The third-order valence-electron chi connectivity index (χ3n) is 6.82. The number of aliphatic hydroxyl groups excluding tert-OH is 1. The number of carbonyl (C=O) groups is 1. The lowest BCUT2D eigenvalue weighted by molar-refractivity contribution is 0.102. The van der Waals surface area contributed by atoms with Crippen LogP contribution >= 0.6 is 0 Å². The summed E-state index contributed by atoms with van der Waals surface area (Å²) in [5.74, 6) is -0.254. The number of nitrogens with zero attached hydrogens (tertiary/aromatic N) is 4. The molecule has 0 bridgehead atoms. The summed E-state index contributed by atoms with van der Waals surface area (Å²) in [6.07, 6.45) is 11.2. The number of benzene rings is 1. The predicted octanol–water partition coefficient (Wildman–Crippen LogP) is 5.91. The van der Waals surface area contributed by atoms with Crippen molar-refractivity contribution in [3.05, 3.63) is 94.6 Å². The van der Waals surface area contributed by atoms with E-state index < -0.39 is 6.10 Å². The number of allylic oxidation sites excluding steroid dienone is 6. The fraction of sp³-hybridized carbons (Fsp3) is 0.276. The Morgan fingerprint density at radius 2 is 2.08 bits per heavy atom. The van der Waals surface area contributed by atoms with E-state index in [1.54, 1.807) is 35.9 Å². The molecule has 4 aromatic rings. The Hall–Kier alpha value is -3.97. The van der Waals surface area contributed by atoms with Gasteiger partial charge in [0, 0.05) is 11.6 Å². The molecule has 0 saturated carbocycles. The Labute approximate surface area is 210 Å². The van der Waals surface area contributed by atoms with Gasteiger partial charge in [-0.1, -0.05) is 42.4 Å². The highest BCUT2D eigenvalue weighted by atomic mass is 16.3. The molecule has 7 heteroatoms. The second-order valence-electron chi connectivity index (χ2n) is 9.44. The van der Waals surface area contributed by atoms with Gasteiger partial charge in [-0.3, -0.25) is 13.9 Å². The third-order valence-corrected chi connectivity index (χ3v) is 6.82. The molecule has 1 aromatic carbocycles. The number of pyridine rings is 1. The molecule has 0 saturated heterocycles. The molecule has 0 spiro atoms. The highest BCUT2D eigenvalue weighted by Crippen LogP contribution is 2.30. The van der Waals surface area contributed by atoms with Crippen molar-refractivity contribution >= 4 is 28.1 Å². The minimum Gasteiger partial charge on any atom is -0.389 e. The molecule has 3 aromatic heterocycles. The first-order valence-electron chi connectivity index (χ1n) is 12.3. The van der Waals surface area contributed by atoms with Gasteiger partial charge in [0.25, 0.3) is 5.91 Å². The topological polar surface area (TPSA) is 84.5 Å². The molecule has 1 aliphatic rings. The lowest BCUT2D eigenvalue weighted by Crippen LogP contribution is -2.14. The van der Waals surface area contributed by atoms with Crippen LogP contribution in [0.25, 0.3) is 16.6 Å². The van der Waals surface area contributed by atoms with E-state index in [0.717, 1.165) is 40.7 Å². The van der Waals surface area contributed by atoms with E-state index in [1.807, 2.05) is 29.8 Å². The molecule has 1 aliphatic carbocycles. The number of carbonyl (C=O) groups excluding carboxylic acids is 1. The van der Waals surface area contributed by atoms with Crippen LogP contribution in [-0.4, -0.2) is 30.2 Å². The summed E-state index contributed by atoms with van der Waals surface area (Å²) in [5, 5.41) is 18.7. The van der Waals surface area contributed by atoms with E-state index in [9.17, 15) is 9.90 Å². The number of aryl methyl sites for hydroxylation is 1.